The van der Waals surface area contributed by atoms with Crippen LogP contribution in [-0.4, -0.2) is 44.1 Å². The standard InChI is InChI=1S/C23H25N5O2/c1-4-5-6-7-17-8-9-27(14-17)10-11-28-19-13-16(3)15(2)12-18(19)24-20-21(28)25-23(30)26-22(20)29/h4-7,12-13H,1,8-11,14H2,2-3H3,(H,26,29,30)/b6-5-,17-7+. The van der Waals surface area contributed by atoms with Gasteiger partial charge in [-0.2, -0.15) is 4.98 Å². The van der Waals surface area contributed by atoms with Crippen LogP contribution < -0.4 is 11.2 Å². The van der Waals surface area contributed by atoms with Gasteiger partial charge in [-0.15, -0.1) is 0 Å². The Morgan fingerprint density at radius 1 is 1.13 bits per heavy atom. The predicted octanol–water partition coefficient (Wildman–Crippen LogP) is 2.58. The number of likely N-dealkylation sites (tertiary alicyclic amines) is 1. The van der Waals surface area contributed by atoms with Gasteiger partial charge in [0.15, 0.2) is 11.5 Å². The van der Waals surface area contributed by atoms with Crippen LogP contribution in [0.1, 0.15) is 17.5 Å². The SMILES string of the molecule is C=C/C=C\C=C1/CCN(CCn2c3nc(=O)[nH]c(=O)c-3nc3cc(C)c(C)cc32)C1. The third-order valence-electron chi connectivity index (χ3n) is 5.62. The maximum atomic E-state index is 12.4. The number of hydrogen-bond donors (Lipinski definition) is 1. The Balaban J connectivity index is 1.71. The fourth-order valence-corrected chi connectivity index (χ4v) is 3.86. The Morgan fingerprint density at radius 3 is 2.73 bits per heavy atom. The van der Waals surface area contributed by atoms with Crippen molar-refractivity contribution in [2.45, 2.75) is 26.8 Å². The largest absolute Gasteiger partial charge is 0.349 e. The number of allylic oxidation sites excluding steroid dienone is 4. The van der Waals surface area contributed by atoms with Crippen molar-refractivity contribution < 1.29 is 0 Å². The van der Waals surface area contributed by atoms with E-state index in [1.165, 1.54) is 5.57 Å². The molecule has 3 aliphatic rings. The summed E-state index contributed by atoms with van der Waals surface area (Å²) in [6, 6.07) is 4.04. The summed E-state index contributed by atoms with van der Waals surface area (Å²) in [7, 11) is 0. The van der Waals surface area contributed by atoms with Crippen molar-refractivity contribution in [3.8, 4) is 11.5 Å². The minimum Gasteiger partial charge on any atom is -0.321 e. The smallest absolute Gasteiger partial charge is 0.321 e. The van der Waals surface area contributed by atoms with Gasteiger partial charge in [-0.25, -0.2) is 9.78 Å². The average molecular weight is 403 g/mol. The molecule has 1 fully saturated rings. The molecule has 0 amide bonds. The average Bonchev–Trinajstić information content (AvgIpc) is 3.15. The Labute approximate surface area is 174 Å². The van der Waals surface area contributed by atoms with Crippen molar-refractivity contribution in [3.63, 3.8) is 0 Å². The van der Waals surface area contributed by atoms with E-state index in [1.807, 2.05) is 36.6 Å². The molecule has 1 N–H and O–H groups in total. The van der Waals surface area contributed by atoms with Gasteiger partial charge in [-0.05, 0) is 43.5 Å². The molecule has 4 rings (SSSR count). The number of aromatic amines is 1. The second-order valence-electron chi connectivity index (χ2n) is 7.70. The van der Waals surface area contributed by atoms with E-state index < -0.39 is 11.2 Å². The minimum atomic E-state index is -0.647. The van der Waals surface area contributed by atoms with E-state index >= 15 is 0 Å². The van der Waals surface area contributed by atoms with Gasteiger partial charge in [-0.1, -0.05) is 36.5 Å². The maximum absolute atomic E-state index is 12.4. The summed E-state index contributed by atoms with van der Waals surface area (Å²) in [5.41, 5.74) is 4.27. The number of hydrogen-bond acceptors (Lipinski definition) is 5. The number of aromatic nitrogens is 4. The van der Waals surface area contributed by atoms with Gasteiger partial charge in [0.1, 0.15) is 0 Å². The zero-order valence-electron chi connectivity index (χ0n) is 17.3. The molecule has 0 unspecified atom stereocenters. The summed E-state index contributed by atoms with van der Waals surface area (Å²) in [5, 5.41) is 0. The van der Waals surface area contributed by atoms with Gasteiger partial charge >= 0.3 is 5.69 Å². The van der Waals surface area contributed by atoms with E-state index in [9.17, 15) is 9.59 Å². The van der Waals surface area contributed by atoms with Gasteiger partial charge in [-0.3, -0.25) is 14.7 Å². The third-order valence-corrected chi connectivity index (χ3v) is 5.62. The topological polar surface area (TPSA) is 83.9 Å². The lowest BCUT2D eigenvalue weighted by atomic mass is 10.1. The van der Waals surface area contributed by atoms with Gasteiger partial charge in [0.2, 0.25) is 0 Å². The second-order valence-corrected chi connectivity index (χ2v) is 7.70. The zero-order chi connectivity index (χ0) is 21.3. The highest BCUT2D eigenvalue weighted by molar-refractivity contribution is 5.81. The first-order valence-corrected chi connectivity index (χ1v) is 10.1. The van der Waals surface area contributed by atoms with Crippen molar-refractivity contribution in [1.82, 2.24) is 24.4 Å². The van der Waals surface area contributed by atoms with E-state index in [0.717, 1.165) is 48.2 Å². The van der Waals surface area contributed by atoms with E-state index in [-0.39, 0.29) is 5.69 Å². The Hall–Kier alpha value is -3.32. The quantitative estimate of drug-likeness (QED) is 0.523. The van der Waals surface area contributed by atoms with Crippen LogP contribution in [0.5, 0.6) is 0 Å². The highest BCUT2D eigenvalue weighted by atomic mass is 16.2. The molecule has 3 aliphatic heterocycles. The Morgan fingerprint density at radius 2 is 1.93 bits per heavy atom. The normalized spacial score (nSPS) is 16.4. The van der Waals surface area contributed by atoms with Crippen LogP contribution in [0.3, 0.4) is 0 Å². The molecule has 154 valence electrons. The molecular weight excluding hydrogens is 378 g/mol. The Bertz CT molecular complexity index is 1260. The molecule has 30 heavy (non-hydrogen) atoms. The molecule has 1 aromatic carbocycles. The number of nitrogens with zero attached hydrogens (tertiary/aromatic N) is 4. The highest BCUT2D eigenvalue weighted by Gasteiger charge is 2.21. The summed E-state index contributed by atoms with van der Waals surface area (Å²) >= 11 is 0. The van der Waals surface area contributed by atoms with E-state index in [1.54, 1.807) is 6.08 Å². The molecule has 0 saturated carbocycles. The summed E-state index contributed by atoms with van der Waals surface area (Å²) in [4.78, 5) is 37.5. The van der Waals surface area contributed by atoms with Crippen LogP contribution in [-0.2, 0) is 6.54 Å². The Kier molecular flexibility index (Phi) is 5.46. The molecule has 1 saturated heterocycles. The van der Waals surface area contributed by atoms with Crippen LogP contribution in [0.15, 0.2) is 58.2 Å². The zero-order valence-corrected chi connectivity index (χ0v) is 17.3. The molecule has 7 heteroatoms. The van der Waals surface area contributed by atoms with Crippen LogP contribution in [0.4, 0.5) is 0 Å². The van der Waals surface area contributed by atoms with E-state index in [4.69, 9.17) is 0 Å². The number of rotatable bonds is 5. The van der Waals surface area contributed by atoms with Gasteiger partial charge in [0, 0.05) is 26.2 Å². The van der Waals surface area contributed by atoms with E-state index in [2.05, 4.69) is 38.6 Å². The molecule has 0 spiro atoms. The lowest BCUT2D eigenvalue weighted by Crippen LogP contribution is -2.31. The molecule has 0 aliphatic carbocycles. The molecule has 0 bridgehead atoms. The number of H-pyrrole nitrogens is 1. The van der Waals surface area contributed by atoms with Crippen molar-refractivity contribution in [1.29, 1.82) is 0 Å². The minimum absolute atomic E-state index is 0.196. The van der Waals surface area contributed by atoms with Crippen molar-refractivity contribution in [3.05, 3.63) is 80.6 Å². The summed E-state index contributed by atoms with van der Waals surface area (Å²) in [6.07, 6.45) is 8.88. The highest BCUT2D eigenvalue weighted by Crippen LogP contribution is 2.24. The molecule has 0 radical (unpaired) electrons. The molecule has 1 aromatic rings. The summed E-state index contributed by atoms with van der Waals surface area (Å²) in [6.45, 7) is 11.0. The van der Waals surface area contributed by atoms with Crippen molar-refractivity contribution in [2.24, 2.45) is 0 Å². The lowest BCUT2D eigenvalue weighted by molar-refractivity contribution is 0.329. The number of benzene rings is 1. The molecular formula is C23H25N5O2. The van der Waals surface area contributed by atoms with Gasteiger partial charge < -0.3 is 4.57 Å². The predicted molar refractivity (Wildman–Crippen MR) is 119 cm³/mol. The lowest BCUT2D eigenvalue weighted by Gasteiger charge is -2.21. The molecule has 3 heterocycles. The van der Waals surface area contributed by atoms with Crippen LogP contribution in [0, 0.1) is 13.8 Å². The fourth-order valence-electron chi connectivity index (χ4n) is 3.86. The second kappa shape index (κ2) is 8.20. The summed E-state index contributed by atoms with van der Waals surface area (Å²) in [5.74, 6) is 0.336. The number of aryl methyl sites for hydroxylation is 2. The molecule has 0 atom stereocenters. The van der Waals surface area contributed by atoms with Crippen molar-refractivity contribution >= 4 is 11.0 Å². The van der Waals surface area contributed by atoms with Crippen LogP contribution in [0.2, 0.25) is 0 Å². The fraction of sp³-hybridized carbons (Fsp3) is 0.304. The van der Waals surface area contributed by atoms with Crippen LogP contribution >= 0.6 is 0 Å². The monoisotopic (exact) mass is 403 g/mol. The van der Waals surface area contributed by atoms with Gasteiger partial charge in [0.05, 0.1) is 11.0 Å². The number of fused-ring (bicyclic) bond motifs is 2. The van der Waals surface area contributed by atoms with Gasteiger partial charge in [0.25, 0.3) is 5.56 Å². The number of nitrogens with one attached hydrogen (secondary N) is 1. The molecule has 7 nitrogen and oxygen atoms in total. The van der Waals surface area contributed by atoms with Crippen LogP contribution in [0.25, 0.3) is 22.6 Å². The first kappa shape index (κ1) is 20.0. The maximum Gasteiger partial charge on any atom is 0.349 e. The summed E-state index contributed by atoms with van der Waals surface area (Å²) < 4.78 is 1.96. The first-order chi connectivity index (χ1) is 14.5. The first-order valence-electron chi connectivity index (χ1n) is 10.1. The van der Waals surface area contributed by atoms with Crippen molar-refractivity contribution in [2.75, 3.05) is 19.6 Å². The molecule has 0 aromatic heterocycles. The van der Waals surface area contributed by atoms with E-state index in [0.29, 0.717) is 12.4 Å². The third kappa shape index (κ3) is 3.89.